The summed E-state index contributed by atoms with van der Waals surface area (Å²) in [5, 5.41) is 8.39. The highest BCUT2D eigenvalue weighted by atomic mass is 14.5. The highest BCUT2D eigenvalue weighted by Crippen LogP contribution is 2.12. The lowest BCUT2D eigenvalue weighted by Gasteiger charge is -2.02. The number of nitrogens with two attached hydrogens (primary N) is 1. The highest BCUT2D eigenvalue weighted by Gasteiger charge is 1.93. The van der Waals surface area contributed by atoms with Crippen LogP contribution in [0.2, 0.25) is 0 Å². The van der Waals surface area contributed by atoms with Gasteiger partial charge in [0.05, 0.1) is 6.07 Å². The Morgan fingerprint density at radius 1 is 0.588 bits per heavy atom. The van der Waals surface area contributed by atoms with Crippen LogP contribution < -0.4 is 5.73 Å². The number of hydrogen-bond donors (Lipinski definition) is 1. The zero-order valence-corrected chi connectivity index (χ0v) is 11.4. The van der Waals surface area contributed by atoms with Gasteiger partial charge in [0.2, 0.25) is 0 Å². The van der Waals surface area contributed by atoms with Crippen molar-refractivity contribution in [2.45, 2.75) is 83.5 Å². The average Bonchev–Trinajstić information content (AvgIpc) is 2.35. The summed E-state index contributed by atoms with van der Waals surface area (Å²) in [6.07, 6.45) is 16.6. The second kappa shape index (κ2) is 15.4. The molecule has 0 aliphatic carbocycles. The van der Waals surface area contributed by atoms with Crippen LogP contribution in [-0.2, 0) is 0 Å². The minimum Gasteiger partial charge on any atom is -0.330 e. The van der Waals surface area contributed by atoms with E-state index in [0.717, 1.165) is 19.4 Å². The van der Waals surface area contributed by atoms with Crippen LogP contribution in [0, 0.1) is 11.3 Å². The number of hydrogen-bond acceptors (Lipinski definition) is 2. The first-order valence-corrected chi connectivity index (χ1v) is 7.49. The third kappa shape index (κ3) is 15.4. The summed E-state index contributed by atoms with van der Waals surface area (Å²) in [4.78, 5) is 0. The second-order valence-electron chi connectivity index (χ2n) is 4.94. The Morgan fingerprint density at radius 2 is 0.941 bits per heavy atom. The van der Waals surface area contributed by atoms with Gasteiger partial charge in [-0.3, -0.25) is 0 Å². The number of nitrogens with zero attached hydrogens (tertiary/aromatic N) is 1. The molecule has 2 heteroatoms. The minimum absolute atomic E-state index is 0.739. The largest absolute Gasteiger partial charge is 0.330 e. The van der Waals surface area contributed by atoms with E-state index in [-0.39, 0.29) is 0 Å². The quantitative estimate of drug-likeness (QED) is 0.479. The van der Waals surface area contributed by atoms with Crippen LogP contribution in [0.5, 0.6) is 0 Å². The molecule has 0 fully saturated rings. The summed E-state index contributed by atoms with van der Waals surface area (Å²) >= 11 is 0. The van der Waals surface area contributed by atoms with Crippen molar-refractivity contribution >= 4 is 0 Å². The summed E-state index contributed by atoms with van der Waals surface area (Å²) in [7, 11) is 0. The first-order valence-electron chi connectivity index (χ1n) is 7.49. The zero-order chi connectivity index (χ0) is 12.6. The lowest BCUT2D eigenvalue weighted by molar-refractivity contribution is 0.543. The fraction of sp³-hybridized carbons (Fsp3) is 0.933. The Hall–Kier alpha value is -0.550. The van der Waals surface area contributed by atoms with Crippen LogP contribution in [0.3, 0.4) is 0 Å². The molecule has 100 valence electrons. The van der Waals surface area contributed by atoms with E-state index in [1.807, 2.05) is 0 Å². The lowest BCUT2D eigenvalue weighted by atomic mass is 10.0. The number of unbranched alkanes of at least 4 members (excludes halogenated alkanes) is 12. The fourth-order valence-corrected chi connectivity index (χ4v) is 2.12. The molecule has 0 rings (SSSR count). The zero-order valence-electron chi connectivity index (χ0n) is 11.4. The molecule has 0 aromatic heterocycles. The van der Waals surface area contributed by atoms with Gasteiger partial charge in [0.1, 0.15) is 0 Å². The molecule has 2 N–H and O–H groups in total. The third-order valence-corrected chi connectivity index (χ3v) is 3.24. The van der Waals surface area contributed by atoms with E-state index in [1.54, 1.807) is 0 Å². The first-order chi connectivity index (χ1) is 8.41. The van der Waals surface area contributed by atoms with Crippen LogP contribution in [0.4, 0.5) is 0 Å². The maximum atomic E-state index is 8.39. The Balaban J connectivity index is 2.87. The van der Waals surface area contributed by atoms with Crippen molar-refractivity contribution in [1.82, 2.24) is 0 Å². The van der Waals surface area contributed by atoms with Gasteiger partial charge in [0.25, 0.3) is 0 Å². The van der Waals surface area contributed by atoms with Gasteiger partial charge in [-0.25, -0.2) is 0 Å². The third-order valence-electron chi connectivity index (χ3n) is 3.24. The summed E-state index contributed by atoms with van der Waals surface area (Å²) in [5.41, 5.74) is 5.45. The van der Waals surface area contributed by atoms with Crippen LogP contribution in [0.1, 0.15) is 83.5 Å². The maximum Gasteiger partial charge on any atom is 0.0621 e. The summed E-state index contributed by atoms with van der Waals surface area (Å²) < 4.78 is 0. The van der Waals surface area contributed by atoms with Gasteiger partial charge in [-0.05, 0) is 19.4 Å². The molecule has 0 aromatic carbocycles. The van der Waals surface area contributed by atoms with Crippen molar-refractivity contribution in [3.63, 3.8) is 0 Å². The Morgan fingerprint density at radius 3 is 1.29 bits per heavy atom. The smallest absolute Gasteiger partial charge is 0.0621 e. The monoisotopic (exact) mass is 238 g/mol. The van der Waals surface area contributed by atoms with E-state index in [0.29, 0.717) is 0 Å². The Labute approximate surface area is 108 Å². The van der Waals surface area contributed by atoms with Gasteiger partial charge >= 0.3 is 0 Å². The van der Waals surface area contributed by atoms with Crippen molar-refractivity contribution in [2.24, 2.45) is 5.73 Å². The minimum atomic E-state index is 0.739. The molecule has 0 spiro atoms. The molecule has 17 heavy (non-hydrogen) atoms. The Kier molecular flexibility index (Phi) is 15.0. The van der Waals surface area contributed by atoms with E-state index in [9.17, 15) is 0 Å². The first kappa shape index (κ1) is 16.4. The van der Waals surface area contributed by atoms with Crippen molar-refractivity contribution < 1.29 is 0 Å². The normalized spacial score (nSPS) is 10.4. The lowest BCUT2D eigenvalue weighted by Crippen LogP contribution is -1.97. The standard InChI is InChI=1S/C15H30N2/c16-14-12-10-8-6-4-2-1-3-5-7-9-11-13-15-17/h1-14,16H2. The molecule has 0 atom stereocenters. The topological polar surface area (TPSA) is 49.8 Å². The molecular weight excluding hydrogens is 208 g/mol. The van der Waals surface area contributed by atoms with Crippen molar-refractivity contribution in [2.75, 3.05) is 6.54 Å². The fourth-order valence-electron chi connectivity index (χ4n) is 2.12. The van der Waals surface area contributed by atoms with Gasteiger partial charge in [0.15, 0.2) is 0 Å². The molecule has 0 amide bonds. The average molecular weight is 238 g/mol. The van der Waals surface area contributed by atoms with Crippen LogP contribution in [0.25, 0.3) is 0 Å². The summed E-state index contributed by atoms with van der Waals surface area (Å²) in [6.45, 7) is 0.853. The summed E-state index contributed by atoms with van der Waals surface area (Å²) in [6, 6.07) is 2.20. The molecule has 0 bridgehead atoms. The van der Waals surface area contributed by atoms with Crippen LogP contribution in [0.15, 0.2) is 0 Å². The molecule has 0 saturated carbocycles. The molecule has 0 saturated heterocycles. The van der Waals surface area contributed by atoms with Gasteiger partial charge in [-0.2, -0.15) is 5.26 Å². The molecule has 0 aliphatic rings. The Bertz CT molecular complexity index is 172. The van der Waals surface area contributed by atoms with Gasteiger partial charge < -0.3 is 5.73 Å². The van der Waals surface area contributed by atoms with E-state index in [2.05, 4.69) is 6.07 Å². The molecular formula is C15H30N2. The van der Waals surface area contributed by atoms with E-state index >= 15 is 0 Å². The van der Waals surface area contributed by atoms with Crippen molar-refractivity contribution in [1.29, 1.82) is 5.26 Å². The SMILES string of the molecule is N#CCCCCCCCCCCCCCCN. The van der Waals surface area contributed by atoms with Crippen LogP contribution in [-0.4, -0.2) is 6.54 Å². The van der Waals surface area contributed by atoms with E-state index in [1.165, 1.54) is 70.6 Å². The molecule has 0 unspecified atom stereocenters. The van der Waals surface area contributed by atoms with Crippen LogP contribution >= 0.6 is 0 Å². The van der Waals surface area contributed by atoms with Crippen molar-refractivity contribution in [3.8, 4) is 6.07 Å². The molecule has 0 aliphatic heterocycles. The molecule has 0 heterocycles. The van der Waals surface area contributed by atoms with Gasteiger partial charge in [-0.15, -0.1) is 0 Å². The maximum absolute atomic E-state index is 8.39. The molecule has 0 aromatic rings. The van der Waals surface area contributed by atoms with Gasteiger partial charge in [0, 0.05) is 6.42 Å². The van der Waals surface area contributed by atoms with Crippen molar-refractivity contribution in [3.05, 3.63) is 0 Å². The predicted octanol–water partition coefficient (Wildman–Crippen LogP) is 4.54. The molecule has 0 radical (unpaired) electrons. The second-order valence-corrected chi connectivity index (χ2v) is 4.94. The molecule has 2 nitrogen and oxygen atoms in total. The predicted molar refractivity (Wildman–Crippen MR) is 74.7 cm³/mol. The highest BCUT2D eigenvalue weighted by molar-refractivity contribution is 4.67. The number of nitriles is 1. The number of rotatable bonds is 13. The van der Waals surface area contributed by atoms with E-state index < -0.39 is 0 Å². The van der Waals surface area contributed by atoms with Gasteiger partial charge in [-0.1, -0.05) is 64.2 Å². The van der Waals surface area contributed by atoms with E-state index in [4.69, 9.17) is 11.0 Å². The summed E-state index contributed by atoms with van der Waals surface area (Å²) in [5.74, 6) is 0.